The van der Waals surface area contributed by atoms with Gasteiger partial charge in [0.25, 0.3) is 0 Å². The molecule has 0 rings (SSSR count). The van der Waals surface area contributed by atoms with Gasteiger partial charge in [-0.3, -0.25) is 4.79 Å². The summed E-state index contributed by atoms with van der Waals surface area (Å²) >= 11 is 0. The molecule has 0 saturated heterocycles. The maximum absolute atomic E-state index is 10.3. The van der Waals surface area contributed by atoms with E-state index < -0.39 is 5.97 Å². The molecule has 1 N–H and O–H groups in total. The van der Waals surface area contributed by atoms with Crippen LogP contribution in [0.15, 0.2) is 12.7 Å². The third kappa shape index (κ3) is 17.2. The van der Waals surface area contributed by atoms with Gasteiger partial charge in [0.2, 0.25) is 0 Å². The zero-order valence-corrected chi connectivity index (χ0v) is 12.2. The summed E-state index contributed by atoms with van der Waals surface area (Å²) in [4.78, 5) is 10.3. The molecule has 0 bridgehead atoms. The van der Waals surface area contributed by atoms with Gasteiger partial charge in [0.05, 0.1) is 6.61 Å². The summed E-state index contributed by atoms with van der Waals surface area (Å²) in [6.07, 6.45) is 14.1. The first-order chi connectivity index (χ1) is 9.27. The molecule has 0 amide bonds. The number of aliphatic carboxylic acids is 1. The van der Waals surface area contributed by atoms with Crippen molar-refractivity contribution in [2.75, 3.05) is 13.2 Å². The molecule has 112 valence electrons. The van der Waals surface area contributed by atoms with Crippen LogP contribution in [0.5, 0.6) is 0 Å². The summed E-state index contributed by atoms with van der Waals surface area (Å²) in [6.45, 7) is 5.13. The Morgan fingerprint density at radius 3 is 1.84 bits per heavy atom. The maximum Gasteiger partial charge on any atom is 0.303 e. The number of carbonyl (C=O) groups is 1. The minimum atomic E-state index is -0.669. The molecule has 0 spiro atoms. The van der Waals surface area contributed by atoms with Crippen molar-refractivity contribution in [3.05, 3.63) is 12.7 Å². The van der Waals surface area contributed by atoms with Crippen LogP contribution < -0.4 is 0 Å². The minimum absolute atomic E-state index is 0.327. The first kappa shape index (κ1) is 18.2. The van der Waals surface area contributed by atoms with E-state index in [2.05, 4.69) is 6.58 Å². The topological polar surface area (TPSA) is 46.5 Å². The summed E-state index contributed by atoms with van der Waals surface area (Å²) in [5, 5.41) is 8.49. The Kier molecular flexibility index (Phi) is 14.6. The molecule has 3 nitrogen and oxygen atoms in total. The monoisotopic (exact) mass is 270 g/mol. The van der Waals surface area contributed by atoms with Gasteiger partial charge in [0.15, 0.2) is 0 Å². The third-order valence-corrected chi connectivity index (χ3v) is 3.17. The van der Waals surface area contributed by atoms with E-state index in [0.717, 1.165) is 25.9 Å². The molecule has 0 atom stereocenters. The first-order valence-electron chi connectivity index (χ1n) is 7.68. The summed E-state index contributed by atoms with van der Waals surface area (Å²) in [7, 11) is 0. The van der Waals surface area contributed by atoms with E-state index in [4.69, 9.17) is 9.84 Å². The average molecular weight is 270 g/mol. The molecule has 0 aromatic rings. The highest BCUT2D eigenvalue weighted by Crippen LogP contribution is 2.11. The number of unbranched alkanes of at least 4 members (excludes halogenated alkanes) is 9. The van der Waals surface area contributed by atoms with Crippen LogP contribution in [0.1, 0.15) is 70.6 Å². The first-order valence-corrected chi connectivity index (χ1v) is 7.68. The Balaban J connectivity index is 2.95. The summed E-state index contributed by atoms with van der Waals surface area (Å²) in [5.41, 5.74) is 0. The van der Waals surface area contributed by atoms with Crippen LogP contribution in [-0.2, 0) is 9.53 Å². The lowest BCUT2D eigenvalue weighted by molar-refractivity contribution is -0.137. The molecule has 0 radical (unpaired) electrons. The molecule has 0 aliphatic heterocycles. The minimum Gasteiger partial charge on any atom is -0.481 e. The number of hydrogen-bond acceptors (Lipinski definition) is 2. The van der Waals surface area contributed by atoms with Gasteiger partial charge in [-0.15, -0.1) is 6.58 Å². The van der Waals surface area contributed by atoms with Crippen LogP contribution in [0.3, 0.4) is 0 Å². The number of rotatable bonds is 15. The smallest absolute Gasteiger partial charge is 0.303 e. The van der Waals surface area contributed by atoms with Crippen LogP contribution in [0.4, 0.5) is 0 Å². The fourth-order valence-corrected chi connectivity index (χ4v) is 2.06. The summed E-state index contributed by atoms with van der Waals surface area (Å²) in [6, 6.07) is 0. The molecular weight excluding hydrogens is 240 g/mol. The molecule has 3 heteroatoms. The largest absolute Gasteiger partial charge is 0.481 e. The van der Waals surface area contributed by atoms with Crippen molar-refractivity contribution in [2.45, 2.75) is 70.6 Å². The summed E-state index contributed by atoms with van der Waals surface area (Å²) < 4.78 is 5.32. The lowest BCUT2D eigenvalue weighted by atomic mass is 10.1. The number of carboxylic acids is 1. The average Bonchev–Trinajstić information content (AvgIpc) is 2.39. The van der Waals surface area contributed by atoms with E-state index in [1.165, 1.54) is 44.9 Å². The number of ether oxygens (including phenoxy) is 1. The fourth-order valence-electron chi connectivity index (χ4n) is 2.06. The van der Waals surface area contributed by atoms with Gasteiger partial charge in [-0.05, 0) is 12.8 Å². The fraction of sp³-hybridized carbons (Fsp3) is 0.812. The van der Waals surface area contributed by atoms with E-state index in [0.29, 0.717) is 13.0 Å². The van der Waals surface area contributed by atoms with Crippen LogP contribution in [0, 0.1) is 0 Å². The second-order valence-corrected chi connectivity index (χ2v) is 5.04. The van der Waals surface area contributed by atoms with Gasteiger partial charge in [0, 0.05) is 13.0 Å². The normalized spacial score (nSPS) is 10.5. The van der Waals surface area contributed by atoms with Crippen molar-refractivity contribution < 1.29 is 14.6 Å². The van der Waals surface area contributed by atoms with E-state index in [-0.39, 0.29) is 0 Å². The van der Waals surface area contributed by atoms with E-state index >= 15 is 0 Å². The number of carboxylic acid groups (broad SMARTS) is 1. The maximum atomic E-state index is 10.3. The van der Waals surface area contributed by atoms with Crippen molar-refractivity contribution in [3.63, 3.8) is 0 Å². The van der Waals surface area contributed by atoms with E-state index in [9.17, 15) is 4.79 Å². The van der Waals surface area contributed by atoms with Gasteiger partial charge in [-0.1, -0.05) is 57.4 Å². The molecular formula is C16H30O3. The molecule has 0 aliphatic rings. The second-order valence-electron chi connectivity index (χ2n) is 5.04. The highest BCUT2D eigenvalue weighted by Gasteiger charge is 1.96. The lowest BCUT2D eigenvalue weighted by Crippen LogP contribution is -1.94. The third-order valence-electron chi connectivity index (χ3n) is 3.17. The van der Waals surface area contributed by atoms with Crippen molar-refractivity contribution in [3.8, 4) is 0 Å². The molecule has 0 unspecified atom stereocenters. The van der Waals surface area contributed by atoms with Crippen LogP contribution in [0.2, 0.25) is 0 Å². The lowest BCUT2D eigenvalue weighted by Gasteiger charge is -2.03. The van der Waals surface area contributed by atoms with Crippen LogP contribution in [0.25, 0.3) is 0 Å². The van der Waals surface area contributed by atoms with Crippen molar-refractivity contribution in [1.29, 1.82) is 0 Å². The van der Waals surface area contributed by atoms with Gasteiger partial charge >= 0.3 is 5.97 Å². The summed E-state index contributed by atoms with van der Waals surface area (Å²) in [5.74, 6) is -0.669. The molecule has 0 saturated carbocycles. The van der Waals surface area contributed by atoms with Gasteiger partial charge < -0.3 is 9.84 Å². The van der Waals surface area contributed by atoms with E-state index in [1.54, 1.807) is 6.08 Å². The van der Waals surface area contributed by atoms with E-state index in [1.807, 2.05) is 0 Å². The Bertz CT molecular complexity index is 214. The van der Waals surface area contributed by atoms with Crippen molar-refractivity contribution in [2.24, 2.45) is 0 Å². The highest BCUT2D eigenvalue weighted by molar-refractivity contribution is 5.66. The quantitative estimate of drug-likeness (QED) is 0.350. The predicted octanol–water partition coefficient (Wildman–Crippen LogP) is 4.56. The predicted molar refractivity (Wildman–Crippen MR) is 79.4 cm³/mol. The van der Waals surface area contributed by atoms with Gasteiger partial charge in [0.1, 0.15) is 0 Å². The van der Waals surface area contributed by atoms with Crippen LogP contribution >= 0.6 is 0 Å². The van der Waals surface area contributed by atoms with Crippen molar-refractivity contribution >= 4 is 5.97 Å². The standard InChI is InChI=1S/C16H30O3/c1-2-14-19-15-12-10-8-6-4-3-5-7-9-11-13-16(17)18/h2H,1,3-15H2,(H,17,18). The van der Waals surface area contributed by atoms with Crippen molar-refractivity contribution in [1.82, 2.24) is 0 Å². The second kappa shape index (κ2) is 15.2. The molecule has 0 aromatic heterocycles. The van der Waals surface area contributed by atoms with Gasteiger partial charge in [-0.2, -0.15) is 0 Å². The molecule has 0 aliphatic carbocycles. The zero-order chi connectivity index (χ0) is 14.2. The number of hydrogen-bond donors (Lipinski definition) is 1. The molecule has 0 heterocycles. The molecule has 0 fully saturated rings. The Morgan fingerprint density at radius 1 is 0.895 bits per heavy atom. The zero-order valence-electron chi connectivity index (χ0n) is 12.2. The molecule has 19 heavy (non-hydrogen) atoms. The molecule has 0 aromatic carbocycles. The highest BCUT2D eigenvalue weighted by atomic mass is 16.5. The van der Waals surface area contributed by atoms with Gasteiger partial charge in [-0.25, -0.2) is 0 Å². The Morgan fingerprint density at radius 2 is 1.37 bits per heavy atom. The Hall–Kier alpha value is -0.830. The SMILES string of the molecule is C=CCOCCCCCCCCCCCCC(=O)O. The Labute approximate surface area is 118 Å². The van der Waals surface area contributed by atoms with Crippen LogP contribution in [-0.4, -0.2) is 24.3 Å².